The first-order chi connectivity index (χ1) is 20.8. The SMILES string of the molecule is CCN1CCN(CCCN2C(=O)[C@@H]3[C@H](C(=O)Nc4ccc(C(C)C)cc4)[C@@H]4C=C[C@@]3(O4)[C@H]2C(=O)NC2CCCCC2)CC1. The highest BCUT2D eigenvalue weighted by Gasteiger charge is 2.72. The van der Waals surface area contributed by atoms with Crippen LogP contribution in [0.15, 0.2) is 36.4 Å². The number of likely N-dealkylation sites (N-methyl/N-ethyl adjacent to an activating group) is 1. The zero-order chi connectivity index (χ0) is 30.1. The highest BCUT2D eigenvalue weighted by molar-refractivity contribution is 6.02. The molecule has 4 heterocycles. The van der Waals surface area contributed by atoms with Crippen molar-refractivity contribution in [3.8, 4) is 0 Å². The number of hydrogen-bond acceptors (Lipinski definition) is 6. The Balaban J connectivity index is 1.20. The van der Waals surface area contributed by atoms with Crippen LogP contribution >= 0.6 is 0 Å². The number of rotatable bonds is 10. The van der Waals surface area contributed by atoms with Crippen molar-refractivity contribution in [2.45, 2.75) is 89.0 Å². The average molecular weight is 592 g/mol. The summed E-state index contributed by atoms with van der Waals surface area (Å²) in [5.74, 6) is -1.51. The van der Waals surface area contributed by atoms with Gasteiger partial charge < -0.3 is 30.1 Å². The van der Waals surface area contributed by atoms with E-state index < -0.39 is 29.6 Å². The molecule has 5 aliphatic rings. The van der Waals surface area contributed by atoms with Crippen LogP contribution in [0, 0.1) is 11.8 Å². The Morgan fingerprint density at radius 2 is 1.67 bits per heavy atom. The van der Waals surface area contributed by atoms with Crippen molar-refractivity contribution in [2.75, 3.05) is 51.1 Å². The van der Waals surface area contributed by atoms with Crippen molar-refractivity contribution < 1.29 is 19.1 Å². The number of carbonyl (C=O) groups is 3. The topological polar surface area (TPSA) is 94.2 Å². The maximum atomic E-state index is 14.3. The van der Waals surface area contributed by atoms with E-state index in [9.17, 15) is 14.4 Å². The number of likely N-dealkylation sites (tertiary alicyclic amines) is 1. The van der Waals surface area contributed by atoms with Crippen LogP contribution in [0.3, 0.4) is 0 Å². The number of nitrogens with zero attached hydrogens (tertiary/aromatic N) is 3. The van der Waals surface area contributed by atoms with Crippen LogP contribution in [0.25, 0.3) is 0 Å². The summed E-state index contributed by atoms with van der Waals surface area (Å²) in [7, 11) is 0. The lowest BCUT2D eigenvalue weighted by molar-refractivity contribution is -0.141. The van der Waals surface area contributed by atoms with Gasteiger partial charge in [0.25, 0.3) is 0 Å². The Hall–Kier alpha value is -2.75. The van der Waals surface area contributed by atoms with E-state index in [1.165, 1.54) is 12.0 Å². The molecule has 0 radical (unpaired) electrons. The first kappa shape index (κ1) is 30.3. The molecule has 3 saturated heterocycles. The van der Waals surface area contributed by atoms with Gasteiger partial charge in [-0.2, -0.15) is 0 Å². The Morgan fingerprint density at radius 1 is 0.977 bits per heavy atom. The van der Waals surface area contributed by atoms with Gasteiger partial charge in [0, 0.05) is 44.5 Å². The number of amides is 3. The summed E-state index contributed by atoms with van der Waals surface area (Å²) in [6, 6.07) is 7.23. The summed E-state index contributed by atoms with van der Waals surface area (Å²) in [6.07, 6.45) is 9.41. The van der Waals surface area contributed by atoms with Crippen LogP contribution in [-0.4, -0.2) is 102 Å². The quantitative estimate of drug-likeness (QED) is 0.406. The predicted molar refractivity (Wildman–Crippen MR) is 167 cm³/mol. The smallest absolute Gasteiger partial charge is 0.246 e. The van der Waals surface area contributed by atoms with Gasteiger partial charge in [-0.15, -0.1) is 0 Å². The molecule has 9 nitrogen and oxygen atoms in total. The minimum absolute atomic E-state index is 0.124. The number of nitrogens with one attached hydrogen (secondary N) is 2. The van der Waals surface area contributed by atoms with E-state index in [1.807, 2.05) is 36.4 Å². The molecule has 3 amide bonds. The predicted octanol–water partition coefficient (Wildman–Crippen LogP) is 3.38. The largest absolute Gasteiger partial charge is 0.359 e. The summed E-state index contributed by atoms with van der Waals surface area (Å²) in [5.41, 5.74) is 0.785. The molecule has 5 atom stereocenters. The number of ether oxygens (including phenoxy) is 1. The molecule has 0 aromatic heterocycles. The van der Waals surface area contributed by atoms with Gasteiger partial charge in [-0.25, -0.2) is 0 Å². The molecule has 1 aliphatic carbocycles. The summed E-state index contributed by atoms with van der Waals surface area (Å²) >= 11 is 0. The Bertz CT molecular complexity index is 1200. The zero-order valence-electron chi connectivity index (χ0n) is 26.1. The van der Waals surface area contributed by atoms with E-state index >= 15 is 0 Å². The molecule has 2 N–H and O–H groups in total. The highest BCUT2D eigenvalue weighted by Crippen LogP contribution is 2.55. The summed E-state index contributed by atoms with van der Waals surface area (Å²) in [5, 5.41) is 6.34. The van der Waals surface area contributed by atoms with Crippen LogP contribution in [-0.2, 0) is 19.1 Å². The van der Waals surface area contributed by atoms with Gasteiger partial charge in [0.05, 0.1) is 17.9 Å². The average Bonchev–Trinajstić information content (AvgIpc) is 3.65. The lowest BCUT2D eigenvalue weighted by atomic mass is 9.74. The molecular formula is C34H49N5O4. The first-order valence-electron chi connectivity index (χ1n) is 16.6. The minimum Gasteiger partial charge on any atom is -0.359 e. The molecule has 0 unspecified atom stereocenters. The number of fused-ring (bicyclic) bond motifs is 1. The first-order valence-corrected chi connectivity index (χ1v) is 16.6. The molecule has 1 aromatic rings. The van der Waals surface area contributed by atoms with E-state index in [4.69, 9.17) is 4.74 Å². The van der Waals surface area contributed by atoms with Crippen LogP contribution in [0.1, 0.15) is 70.8 Å². The second kappa shape index (κ2) is 12.7. The standard InChI is InChI=1S/C34H49N5O4/c1-4-37-19-21-38(22-20-37)17-8-18-39-30(32(41)36-25-9-6-5-7-10-25)34-16-15-27(43-34)28(29(34)33(39)42)31(40)35-26-13-11-24(12-14-26)23(2)3/h11-16,23,25,27-30H,4-10,17-22H2,1-3H3,(H,35,40)(H,36,41)/t27-,28+,29-,30+,34-/m0/s1. The van der Waals surface area contributed by atoms with E-state index in [1.54, 1.807) is 4.90 Å². The molecule has 1 saturated carbocycles. The van der Waals surface area contributed by atoms with E-state index in [2.05, 4.69) is 41.2 Å². The Labute approximate surface area is 256 Å². The second-order valence-electron chi connectivity index (χ2n) is 13.5. The van der Waals surface area contributed by atoms with Gasteiger partial charge >= 0.3 is 0 Å². The zero-order valence-corrected chi connectivity index (χ0v) is 26.1. The van der Waals surface area contributed by atoms with E-state index in [0.717, 1.165) is 71.4 Å². The van der Waals surface area contributed by atoms with Crippen LogP contribution in [0.4, 0.5) is 5.69 Å². The van der Waals surface area contributed by atoms with E-state index in [-0.39, 0.29) is 23.8 Å². The van der Waals surface area contributed by atoms with Crippen LogP contribution in [0.5, 0.6) is 0 Å². The van der Waals surface area contributed by atoms with Gasteiger partial charge in [0.1, 0.15) is 11.6 Å². The lowest BCUT2D eigenvalue weighted by Crippen LogP contribution is -2.56. The van der Waals surface area contributed by atoms with Gasteiger partial charge in [-0.05, 0) is 56.0 Å². The van der Waals surface area contributed by atoms with Crippen molar-refractivity contribution in [3.05, 3.63) is 42.0 Å². The Kier molecular flexibility index (Phi) is 8.94. The van der Waals surface area contributed by atoms with Gasteiger partial charge in [-0.3, -0.25) is 14.4 Å². The summed E-state index contributed by atoms with van der Waals surface area (Å²) in [4.78, 5) is 48.7. The molecule has 6 rings (SSSR count). The van der Waals surface area contributed by atoms with Gasteiger partial charge in [-0.1, -0.05) is 64.3 Å². The fraction of sp³-hybridized carbons (Fsp3) is 0.676. The molecular weight excluding hydrogens is 542 g/mol. The number of carbonyl (C=O) groups excluding carboxylic acids is 3. The molecule has 4 aliphatic heterocycles. The fourth-order valence-electron chi connectivity index (χ4n) is 8.01. The maximum absolute atomic E-state index is 14.3. The number of anilines is 1. The molecule has 1 spiro atoms. The monoisotopic (exact) mass is 591 g/mol. The fourth-order valence-corrected chi connectivity index (χ4v) is 8.01. The van der Waals surface area contributed by atoms with Crippen molar-refractivity contribution in [3.63, 3.8) is 0 Å². The highest BCUT2D eigenvalue weighted by atomic mass is 16.5. The molecule has 4 fully saturated rings. The van der Waals surface area contributed by atoms with Crippen molar-refractivity contribution in [1.29, 1.82) is 0 Å². The van der Waals surface area contributed by atoms with Crippen molar-refractivity contribution in [2.24, 2.45) is 11.8 Å². The third-order valence-corrected chi connectivity index (χ3v) is 10.5. The van der Waals surface area contributed by atoms with Crippen molar-refractivity contribution in [1.82, 2.24) is 20.0 Å². The van der Waals surface area contributed by atoms with Crippen LogP contribution < -0.4 is 10.6 Å². The van der Waals surface area contributed by atoms with Gasteiger partial charge in [0.2, 0.25) is 17.7 Å². The summed E-state index contributed by atoms with van der Waals surface area (Å²) in [6.45, 7) is 13.1. The third-order valence-electron chi connectivity index (χ3n) is 10.5. The number of piperazine rings is 1. The second-order valence-corrected chi connectivity index (χ2v) is 13.5. The third kappa shape index (κ3) is 5.88. The normalized spacial score (nSPS) is 31.2. The van der Waals surface area contributed by atoms with Crippen molar-refractivity contribution >= 4 is 23.4 Å². The molecule has 2 bridgehead atoms. The van der Waals surface area contributed by atoms with Gasteiger partial charge in [0.15, 0.2) is 0 Å². The number of hydrogen-bond donors (Lipinski definition) is 2. The summed E-state index contributed by atoms with van der Waals surface area (Å²) < 4.78 is 6.54. The molecule has 1 aromatic carbocycles. The minimum atomic E-state index is -1.11. The molecule has 43 heavy (non-hydrogen) atoms. The Morgan fingerprint density at radius 3 is 2.35 bits per heavy atom. The molecule has 234 valence electrons. The maximum Gasteiger partial charge on any atom is 0.246 e. The molecule has 9 heteroatoms. The lowest BCUT2D eigenvalue weighted by Gasteiger charge is -2.36. The van der Waals surface area contributed by atoms with E-state index in [0.29, 0.717) is 18.2 Å². The number of benzene rings is 1. The van der Waals surface area contributed by atoms with Crippen LogP contribution in [0.2, 0.25) is 0 Å².